The molecule has 2 N–H and O–H groups in total. The lowest BCUT2D eigenvalue weighted by Crippen LogP contribution is -1.89. The molecule has 84 valence electrons. The van der Waals surface area contributed by atoms with Crippen molar-refractivity contribution in [2.75, 3.05) is 5.73 Å². The Balaban J connectivity index is 2.20. The Bertz CT molecular complexity index is 685. The first-order chi connectivity index (χ1) is 8.24. The van der Waals surface area contributed by atoms with E-state index in [1.54, 1.807) is 10.9 Å². The van der Waals surface area contributed by atoms with Gasteiger partial charge in [0.2, 0.25) is 0 Å². The quantitative estimate of drug-likeness (QED) is 0.645. The summed E-state index contributed by atoms with van der Waals surface area (Å²) in [6, 6.07) is 7.90. The fourth-order valence-electron chi connectivity index (χ4n) is 1.91. The number of nitrogens with zero attached hydrogens (tertiary/aromatic N) is 3. The molecule has 0 bridgehead atoms. The number of pyridine rings is 1. The Morgan fingerprint density at radius 3 is 2.88 bits per heavy atom. The van der Waals surface area contributed by atoms with Crippen molar-refractivity contribution in [2.24, 2.45) is 7.05 Å². The van der Waals surface area contributed by atoms with Crippen molar-refractivity contribution < 1.29 is 0 Å². The zero-order chi connectivity index (χ0) is 11.8. The van der Waals surface area contributed by atoms with Crippen molar-refractivity contribution in [3.05, 3.63) is 42.9 Å². The molecule has 0 radical (unpaired) electrons. The van der Waals surface area contributed by atoms with Gasteiger partial charge in [0.05, 0.1) is 11.9 Å². The summed E-state index contributed by atoms with van der Waals surface area (Å²) in [5, 5.41) is 6.22. The molecule has 0 spiro atoms. The first-order valence-electron chi connectivity index (χ1n) is 5.37. The van der Waals surface area contributed by atoms with Gasteiger partial charge in [-0.15, -0.1) is 0 Å². The van der Waals surface area contributed by atoms with Gasteiger partial charge < -0.3 is 5.73 Å². The third-order valence-corrected chi connectivity index (χ3v) is 2.80. The minimum absolute atomic E-state index is 0.757. The number of benzene rings is 1. The van der Waals surface area contributed by atoms with Crippen LogP contribution >= 0.6 is 0 Å². The molecule has 1 aromatic carbocycles. The number of anilines is 1. The van der Waals surface area contributed by atoms with Crippen LogP contribution in [0.3, 0.4) is 0 Å². The molecule has 4 heteroatoms. The van der Waals surface area contributed by atoms with E-state index in [4.69, 9.17) is 5.73 Å². The number of aryl methyl sites for hydroxylation is 1. The molecule has 0 aliphatic carbocycles. The van der Waals surface area contributed by atoms with Gasteiger partial charge in [0.1, 0.15) is 0 Å². The normalized spacial score (nSPS) is 10.9. The Kier molecular flexibility index (Phi) is 2.08. The molecule has 4 nitrogen and oxygen atoms in total. The number of nitrogen functional groups attached to an aromatic ring is 1. The molecule has 0 fully saturated rings. The van der Waals surface area contributed by atoms with E-state index >= 15 is 0 Å². The smallest absolute Gasteiger partial charge is 0.0739 e. The van der Waals surface area contributed by atoms with Crippen LogP contribution < -0.4 is 5.73 Å². The summed E-state index contributed by atoms with van der Waals surface area (Å²) in [6.45, 7) is 0. The van der Waals surface area contributed by atoms with Crippen molar-refractivity contribution >= 4 is 16.5 Å². The minimum Gasteiger partial charge on any atom is -0.398 e. The summed E-state index contributed by atoms with van der Waals surface area (Å²) in [4.78, 5) is 4.42. The van der Waals surface area contributed by atoms with Crippen LogP contribution in [0, 0.1) is 0 Å². The van der Waals surface area contributed by atoms with E-state index in [0.29, 0.717) is 0 Å². The maximum absolute atomic E-state index is 5.89. The van der Waals surface area contributed by atoms with E-state index in [-0.39, 0.29) is 0 Å². The Hall–Kier alpha value is -2.36. The molecule has 0 amide bonds. The third kappa shape index (κ3) is 1.63. The molecule has 3 rings (SSSR count). The van der Waals surface area contributed by atoms with Gasteiger partial charge in [0.15, 0.2) is 0 Å². The minimum atomic E-state index is 0.757. The molecule has 3 aromatic rings. The van der Waals surface area contributed by atoms with E-state index < -0.39 is 0 Å². The molecule has 2 heterocycles. The summed E-state index contributed by atoms with van der Waals surface area (Å²) >= 11 is 0. The van der Waals surface area contributed by atoms with Gasteiger partial charge in [-0.25, -0.2) is 0 Å². The maximum atomic E-state index is 5.89. The largest absolute Gasteiger partial charge is 0.398 e. The Labute approximate surface area is 98.7 Å². The van der Waals surface area contributed by atoms with Crippen LogP contribution in [0.4, 0.5) is 5.69 Å². The Morgan fingerprint density at radius 1 is 1.24 bits per heavy atom. The molecule has 0 saturated carbocycles. The topological polar surface area (TPSA) is 56.7 Å². The van der Waals surface area contributed by atoms with Gasteiger partial charge in [0, 0.05) is 36.1 Å². The fraction of sp³-hybridized carbons (Fsp3) is 0.0769. The van der Waals surface area contributed by atoms with Gasteiger partial charge in [-0.05, 0) is 17.5 Å². The number of nitrogens with two attached hydrogens (primary N) is 1. The van der Waals surface area contributed by atoms with E-state index in [2.05, 4.69) is 10.1 Å². The molecular weight excluding hydrogens is 212 g/mol. The standard InChI is InChI=1S/C13H12N4/c1-17-8-10(6-16-17)13-5-9-3-2-4-12(14)11(9)7-15-13/h2-8H,14H2,1H3. The third-order valence-electron chi connectivity index (χ3n) is 2.80. The molecule has 17 heavy (non-hydrogen) atoms. The van der Waals surface area contributed by atoms with Crippen molar-refractivity contribution in [3.63, 3.8) is 0 Å². The summed E-state index contributed by atoms with van der Waals surface area (Å²) < 4.78 is 1.76. The number of rotatable bonds is 1. The second-order valence-electron chi connectivity index (χ2n) is 4.04. The van der Waals surface area contributed by atoms with Crippen LogP contribution in [0.5, 0.6) is 0 Å². The predicted octanol–water partition coefficient (Wildman–Crippen LogP) is 2.22. The second-order valence-corrected chi connectivity index (χ2v) is 4.04. The summed E-state index contributed by atoms with van der Waals surface area (Å²) in [6.07, 6.45) is 5.56. The summed E-state index contributed by atoms with van der Waals surface area (Å²) in [5.41, 5.74) is 8.57. The SMILES string of the molecule is Cn1cc(-c2cc3cccc(N)c3cn2)cn1. The molecular formula is C13H12N4. The van der Waals surface area contributed by atoms with Crippen LogP contribution in [0.1, 0.15) is 0 Å². The van der Waals surface area contributed by atoms with E-state index in [9.17, 15) is 0 Å². The zero-order valence-corrected chi connectivity index (χ0v) is 9.46. The molecule has 0 atom stereocenters. The number of fused-ring (bicyclic) bond motifs is 1. The van der Waals surface area contributed by atoms with Gasteiger partial charge in [-0.3, -0.25) is 9.67 Å². The zero-order valence-electron chi connectivity index (χ0n) is 9.46. The Morgan fingerprint density at radius 2 is 2.12 bits per heavy atom. The highest BCUT2D eigenvalue weighted by Gasteiger charge is 2.04. The molecule has 2 aromatic heterocycles. The molecule has 0 aliphatic heterocycles. The van der Waals surface area contributed by atoms with Gasteiger partial charge in [0.25, 0.3) is 0 Å². The number of hydrogen-bond acceptors (Lipinski definition) is 3. The van der Waals surface area contributed by atoms with Gasteiger partial charge >= 0.3 is 0 Å². The highest BCUT2D eigenvalue weighted by atomic mass is 15.2. The number of hydrogen-bond donors (Lipinski definition) is 1. The van der Waals surface area contributed by atoms with Crippen molar-refractivity contribution in [1.82, 2.24) is 14.8 Å². The lowest BCUT2D eigenvalue weighted by Gasteiger charge is -2.03. The first-order valence-corrected chi connectivity index (χ1v) is 5.37. The predicted molar refractivity (Wildman–Crippen MR) is 68.4 cm³/mol. The van der Waals surface area contributed by atoms with E-state index in [1.165, 1.54) is 0 Å². The van der Waals surface area contributed by atoms with Crippen LogP contribution in [0.15, 0.2) is 42.9 Å². The summed E-state index contributed by atoms with van der Waals surface area (Å²) in [7, 11) is 1.89. The molecule has 0 saturated heterocycles. The van der Waals surface area contributed by atoms with Crippen LogP contribution in [-0.4, -0.2) is 14.8 Å². The van der Waals surface area contributed by atoms with Crippen molar-refractivity contribution in [2.45, 2.75) is 0 Å². The van der Waals surface area contributed by atoms with Gasteiger partial charge in [-0.1, -0.05) is 12.1 Å². The van der Waals surface area contributed by atoms with Crippen molar-refractivity contribution in [3.8, 4) is 11.3 Å². The average Bonchev–Trinajstić information content (AvgIpc) is 2.76. The summed E-state index contributed by atoms with van der Waals surface area (Å²) in [5.74, 6) is 0. The van der Waals surface area contributed by atoms with E-state index in [0.717, 1.165) is 27.7 Å². The molecule has 0 unspecified atom stereocenters. The maximum Gasteiger partial charge on any atom is 0.0739 e. The highest BCUT2D eigenvalue weighted by molar-refractivity contribution is 5.93. The average molecular weight is 224 g/mol. The van der Waals surface area contributed by atoms with Gasteiger partial charge in [-0.2, -0.15) is 5.10 Å². The fourth-order valence-corrected chi connectivity index (χ4v) is 1.91. The lowest BCUT2D eigenvalue weighted by atomic mass is 10.1. The van der Waals surface area contributed by atoms with Crippen LogP contribution in [0.25, 0.3) is 22.0 Å². The van der Waals surface area contributed by atoms with Crippen molar-refractivity contribution in [1.29, 1.82) is 0 Å². The van der Waals surface area contributed by atoms with E-state index in [1.807, 2.05) is 43.7 Å². The van der Waals surface area contributed by atoms with Crippen LogP contribution in [-0.2, 0) is 7.05 Å². The second kappa shape index (κ2) is 3.59. The molecule has 0 aliphatic rings. The monoisotopic (exact) mass is 224 g/mol. The first kappa shape index (κ1) is 9.84. The highest BCUT2D eigenvalue weighted by Crippen LogP contribution is 2.24. The van der Waals surface area contributed by atoms with Crippen LogP contribution in [0.2, 0.25) is 0 Å². The number of aromatic nitrogens is 3. The lowest BCUT2D eigenvalue weighted by molar-refractivity contribution is 0.768.